The van der Waals surface area contributed by atoms with Gasteiger partial charge < -0.3 is 4.90 Å². The number of hydrogen-bond donors (Lipinski definition) is 0. The molecule has 0 atom stereocenters. The topological polar surface area (TPSA) is 3.24 Å². The summed E-state index contributed by atoms with van der Waals surface area (Å²) in [6, 6.07) is 8.84. The summed E-state index contributed by atoms with van der Waals surface area (Å²) in [5.74, 6) is 0. The van der Waals surface area contributed by atoms with Crippen LogP contribution in [0.4, 0.5) is 5.69 Å². The summed E-state index contributed by atoms with van der Waals surface area (Å²) in [6.07, 6.45) is 1.19. The van der Waals surface area contributed by atoms with Crippen molar-refractivity contribution in [2.45, 2.75) is 46.6 Å². The molecule has 2 rings (SSSR count). The molecule has 1 aliphatic rings. The number of hydrogen-bond acceptors (Lipinski definition) is 1. The van der Waals surface area contributed by atoms with E-state index in [4.69, 9.17) is 0 Å². The first-order chi connectivity index (χ1) is 7.30. The number of nitrogens with zero attached hydrogens (tertiary/aromatic N) is 1. The molecule has 0 saturated carbocycles. The van der Waals surface area contributed by atoms with Gasteiger partial charge in [-0.25, -0.2) is 0 Å². The molecular formula is C15H23N. The summed E-state index contributed by atoms with van der Waals surface area (Å²) in [6.45, 7) is 12.8. The summed E-state index contributed by atoms with van der Waals surface area (Å²) >= 11 is 0. The molecule has 16 heavy (non-hydrogen) atoms. The minimum atomic E-state index is 0.202. The van der Waals surface area contributed by atoms with E-state index in [1.54, 1.807) is 0 Å². The molecule has 0 spiro atoms. The second kappa shape index (κ2) is 3.51. The van der Waals surface area contributed by atoms with Gasteiger partial charge in [-0.3, -0.25) is 0 Å². The predicted octanol–water partition coefficient (Wildman–Crippen LogP) is 3.87. The van der Waals surface area contributed by atoms with Gasteiger partial charge in [0.1, 0.15) is 0 Å². The lowest BCUT2D eigenvalue weighted by molar-refractivity contribution is 0.313. The van der Waals surface area contributed by atoms with Crippen LogP contribution in [0, 0.1) is 5.41 Å². The molecule has 0 saturated heterocycles. The fraction of sp³-hybridized carbons (Fsp3) is 0.600. The first-order valence-corrected chi connectivity index (χ1v) is 6.15. The van der Waals surface area contributed by atoms with E-state index in [1.807, 2.05) is 0 Å². The zero-order valence-electron chi connectivity index (χ0n) is 11.2. The Morgan fingerprint density at radius 3 is 2.38 bits per heavy atom. The lowest BCUT2D eigenvalue weighted by Crippen LogP contribution is -2.50. The Balaban J connectivity index is 2.48. The van der Waals surface area contributed by atoms with Gasteiger partial charge in [-0.1, -0.05) is 32.0 Å². The standard InChI is InChI=1S/C15H23N/c1-14(2,3)16-11-15(4,5)10-12-8-6-7-9-13(12)16/h6-9H,10-11H2,1-5H3. The summed E-state index contributed by atoms with van der Waals surface area (Å²) in [5.41, 5.74) is 3.50. The Morgan fingerprint density at radius 1 is 1.12 bits per heavy atom. The molecule has 0 amide bonds. The highest BCUT2D eigenvalue weighted by Crippen LogP contribution is 2.39. The van der Waals surface area contributed by atoms with Gasteiger partial charge in [0.2, 0.25) is 0 Å². The van der Waals surface area contributed by atoms with Gasteiger partial charge in [0.25, 0.3) is 0 Å². The van der Waals surface area contributed by atoms with Crippen LogP contribution in [0.5, 0.6) is 0 Å². The van der Waals surface area contributed by atoms with Gasteiger partial charge in [-0.2, -0.15) is 0 Å². The molecule has 1 aromatic carbocycles. The highest BCUT2D eigenvalue weighted by molar-refractivity contribution is 5.58. The number of anilines is 1. The summed E-state index contributed by atoms with van der Waals surface area (Å²) < 4.78 is 0. The van der Waals surface area contributed by atoms with Crippen LogP contribution in [0.25, 0.3) is 0 Å². The van der Waals surface area contributed by atoms with Crippen LogP contribution < -0.4 is 4.90 Å². The lowest BCUT2D eigenvalue weighted by atomic mass is 9.79. The van der Waals surface area contributed by atoms with Crippen molar-refractivity contribution in [2.24, 2.45) is 5.41 Å². The second-order valence-corrected chi connectivity index (χ2v) is 6.73. The lowest BCUT2D eigenvalue weighted by Gasteiger charge is -2.47. The Hall–Kier alpha value is -0.980. The average Bonchev–Trinajstić information content (AvgIpc) is 2.13. The third kappa shape index (κ3) is 2.09. The molecule has 1 aliphatic heterocycles. The summed E-state index contributed by atoms with van der Waals surface area (Å²) in [5, 5.41) is 0. The van der Waals surface area contributed by atoms with Gasteiger partial charge in [0.15, 0.2) is 0 Å². The van der Waals surface area contributed by atoms with Gasteiger partial charge in [-0.15, -0.1) is 0 Å². The van der Waals surface area contributed by atoms with Gasteiger partial charge in [-0.05, 0) is 44.2 Å². The molecule has 0 N–H and O–H groups in total. The minimum absolute atomic E-state index is 0.202. The highest BCUT2D eigenvalue weighted by Gasteiger charge is 2.34. The van der Waals surface area contributed by atoms with Crippen LogP contribution >= 0.6 is 0 Å². The molecule has 88 valence electrons. The third-order valence-corrected chi connectivity index (χ3v) is 3.35. The van der Waals surface area contributed by atoms with E-state index in [-0.39, 0.29) is 5.54 Å². The summed E-state index contributed by atoms with van der Waals surface area (Å²) in [7, 11) is 0. The molecule has 0 bridgehead atoms. The van der Waals surface area contributed by atoms with E-state index < -0.39 is 0 Å². The van der Waals surface area contributed by atoms with E-state index in [9.17, 15) is 0 Å². The molecule has 1 nitrogen and oxygen atoms in total. The Bertz CT molecular complexity index is 385. The van der Waals surface area contributed by atoms with Crippen molar-refractivity contribution in [1.29, 1.82) is 0 Å². The Kier molecular flexibility index (Phi) is 2.52. The minimum Gasteiger partial charge on any atom is -0.366 e. The zero-order valence-corrected chi connectivity index (χ0v) is 11.2. The van der Waals surface area contributed by atoms with Gasteiger partial charge >= 0.3 is 0 Å². The van der Waals surface area contributed by atoms with E-state index in [2.05, 4.69) is 63.8 Å². The van der Waals surface area contributed by atoms with E-state index in [0.717, 1.165) is 6.54 Å². The quantitative estimate of drug-likeness (QED) is 0.637. The van der Waals surface area contributed by atoms with E-state index in [0.29, 0.717) is 5.41 Å². The molecule has 0 unspecified atom stereocenters. The largest absolute Gasteiger partial charge is 0.366 e. The second-order valence-electron chi connectivity index (χ2n) is 6.73. The average molecular weight is 217 g/mol. The van der Waals surface area contributed by atoms with Crippen molar-refractivity contribution in [2.75, 3.05) is 11.4 Å². The first-order valence-electron chi connectivity index (χ1n) is 6.15. The zero-order chi connectivity index (χ0) is 12.0. The van der Waals surface area contributed by atoms with Crippen molar-refractivity contribution >= 4 is 5.69 Å². The maximum absolute atomic E-state index is 2.55. The molecule has 1 heteroatoms. The Morgan fingerprint density at radius 2 is 1.75 bits per heavy atom. The van der Waals surface area contributed by atoms with E-state index in [1.165, 1.54) is 17.7 Å². The van der Waals surface area contributed by atoms with Crippen LogP contribution in [0.1, 0.15) is 40.2 Å². The van der Waals surface area contributed by atoms with Crippen molar-refractivity contribution in [1.82, 2.24) is 0 Å². The number of benzene rings is 1. The molecule has 0 aromatic heterocycles. The molecule has 1 heterocycles. The fourth-order valence-corrected chi connectivity index (χ4v) is 2.61. The normalized spacial score (nSPS) is 19.4. The predicted molar refractivity (Wildman–Crippen MR) is 71.0 cm³/mol. The van der Waals surface area contributed by atoms with Gasteiger partial charge in [0, 0.05) is 17.8 Å². The van der Waals surface area contributed by atoms with Crippen LogP contribution in [0.2, 0.25) is 0 Å². The molecule has 0 radical (unpaired) electrons. The van der Waals surface area contributed by atoms with Crippen molar-refractivity contribution in [3.05, 3.63) is 29.8 Å². The molecular weight excluding hydrogens is 194 g/mol. The van der Waals surface area contributed by atoms with Crippen LogP contribution in [0.3, 0.4) is 0 Å². The number of fused-ring (bicyclic) bond motifs is 1. The number of rotatable bonds is 0. The fourth-order valence-electron chi connectivity index (χ4n) is 2.61. The third-order valence-electron chi connectivity index (χ3n) is 3.35. The van der Waals surface area contributed by atoms with Crippen molar-refractivity contribution < 1.29 is 0 Å². The van der Waals surface area contributed by atoms with Crippen LogP contribution in [-0.4, -0.2) is 12.1 Å². The summed E-state index contributed by atoms with van der Waals surface area (Å²) in [4.78, 5) is 2.55. The SMILES string of the molecule is CC1(C)Cc2ccccc2N(C(C)(C)C)C1. The molecule has 1 aromatic rings. The maximum atomic E-state index is 2.55. The van der Waals surface area contributed by atoms with Crippen molar-refractivity contribution in [3.8, 4) is 0 Å². The maximum Gasteiger partial charge on any atom is 0.0403 e. The van der Waals surface area contributed by atoms with E-state index >= 15 is 0 Å². The van der Waals surface area contributed by atoms with Gasteiger partial charge in [0.05, 0.1) is 0 Å². The van der Waals surface area contributed by atoms with Crippen molar-refractivity contribution in [3.63, 3.8) is 0 Å². The monoisotopic (exact) mass is 217 g/mol. The number of para-hydroxylation sites is 1. The van der Waals surface area contributed by atoms with Crippen LogP contribution in [-0.2, 0) is 6.42 Å². The molecule has 0 aliphatic carbocycles. The highest BCUT2D eigenvalue weighted by atomic mass is 15.2. The smallest absolute Gasteiger partial charge is 0.0403 e. The first kappa shape index (κ1) is 11.5. The van der Waals surface area contributed by atoms with Crippen LogP contribution in [0.15, 0.2) is 24.3 Å². The molecule has 0 fully saturated rings. The Labute approximate surface area is 99.5 Å².